The van der Waals surface area contributed by atoms with E-state index in [1.807, 2.05) is 16.7 Å². The fraction of sp³-hybridized carbons (Fsp3) is 0.545. The van der Waals surface area contributed by atoms with Gasteiger partial charge in [0.05, 0.1) is 0 Å². The summed E-state index contributed by atoms with van der Waals surface area (Å²) in [6.07, 6.45) is -1.28. The monoisotopic (exact) mass is 415 g/mol. The predicted molar refractivity (Wildman–Crippen MR) is 86.6 cm³/mol. The summed E-state index contributed by atoms with van der Waals surface area (Å²) in [5, 5.41) is 0. The van der Waals surface area contributed by atoms with Crippen molar-refractivity contribution in [1.82, 2.24) is 14.9 Å². The van der Waals surface area contributed by atoms with Crippen LogP contribution in [0.3, 0.4) is 0 Å². The molecule has 0 atom stereocenters. The first-order chi connectivity index (χ1) is 9.16. The number of halogens is 3. The third-order valence-electron chi connectivity index (χ3n) is 2.67. The quantitative estimate of drug-likeness (QED) is 0.464. The van der Waals surface area contributed by atoms with E-state index in [9.17, 15) is 8.78 Å². The number of aliphatic imine (C=N–C) groups is 1. The van der Waals surface area contributed by atoms with Crippen molar-refractivity contribution in [3.05, 3.63) is 23.8 Å². The van der Waals surface area contributed by atoms with E-state index in [0.29, 0.717) is 5.96 Å². The number of thioether (sulfide) groups is 1. The Morgan fingerprint density at radius 3 is 2.80 bits per heavy atom. The Hall–Kier alpha value is -0.710. The van der Waals surface area contributed by atoms with Gasteiger partial charge in [-0.15, -0.1) is 24.0 Å². The highest BCUT2D eigenvalue weighted by molar-refractivity contribution is 14.0. The highest BCUT2D eigenvalue weighted by atomic mass is 127. The molecule has 1 saturated heterocycles. The van der Waals surface area contributed by atoms with Crippen LogP contribution in [0.25, 0.3) is 0 Å². The van der Waals surface area contributed by atoms with Gasteiger partial charge < -0.3 is 10.6 Å². The van der Waals surface area contributed by atoms with Gasteiger partial charge >= 0.3 is 0 Å². The highest BCUT2D eigenvalue weighted by Gasteiger charge is 2.13. The van der Waals surface area contributed by atoms with E-state index >= 15 is 0 Å². The molecule has 1 aliphatic heterocycles. The molecule has 112 valence electrons. The van der Waals surface area contributed by atoms with Gasteiger partial charge in [0.2, 0.25) is 0 Å². The maximum absolute atomic E-state index is 12.5. The second kappa shape index (κ2) is 8.55. The zero-order valence-corrected chi connectivity index (χ0v) is 13.9. The lowest BCUT2D eigenvalue weighted by Gasteiger charge is -2.27. The summed E-state index contributed by atoms with van der Waals surface area (Å²) in [4.78, 5) is 13.8. The largest absolute Gasteiger partial charge is 0.370 e. The molecule has 2 rings (SSSR count). The topological polar surface area (TPSA) is 67.4 Å². The van der Waals surface area contributed by atoms with Gasteiger partial charge in [-0.05, 0) is 6.07 Å². The fourth-order valence-electron chi connectivity index (χ4n) is 1.66. The van der Waals surface area contributed by atoms with Crippen LogP contribution < -0.4 is 5.73 Å². The maximum atomic E-state index is 12.5. The maximum Gasteiger partial charge on any atom is 0.280 e. The average molecular weight is 415 g/mol. The molecule has 0 unspecified atom stereocenters. The molecule has 0 spiro atoms. The Kier molecular flexibility index (Phi) is 7.41. The first-order valence-corrected chi connectivity index (χ1v) is 7.05. The number of hydrogen-bond acceptors (Lipinski definition) is 4. The number of nitrogens with two attached hydrogens (primary N) is 1. The summed E-state index contributed by atoms with van der Waals surface area (Å²) < 4.78 is 25.0. The zero-order valence-electron chi connectivity index (χ0n) is 10.7. The van der Waals surface area contributed by atoms with Crippen molar-refractivity contribution < 1.29 is 8.78 Å². The van der Waals surface area contributed by atoms with Crippen molar-refractivity contribution >= 4 is 41.7 Å². The number of rotatable bonds is 3. The second-order valence-electron chi connectivity index (χ2n) is 3.97. The minimum Gasteiger partial charge on any atom is -0.370 e. The van der Waals surface area contributed by atoms with Crippen LogP contribution in [0.15, 0.2) is 17.3 Å². The van der Waals surface area contributed by atoms with Crippen molar-refractivity contribution in [1.29, 1.82) is 0 Å². The van der Waals surface area contributed by atoms with Crippen LogP contribution in [-0.2, 0) is 6.54 Å². The van der Waals surface area contributed by atoms with Crippen molar-refractivity contribution in [3.63, 3.8) is 0 Å². The Morgan fingerprint density at radius 1 is 1.45 bits per heavy atom. The van der Waals surface area contributed by atoms with Gasteiger partial charge in [-0.25, -0.2) is 23.7 Å². The van der Waals surface area contributed by atoms with E-state index in [4.69, 9.17) is 5.73 Å². The lowest BCUT2D eigenvalue weighted by molar-refractivity contribution is 0.145. The van der Waals surface area contributed by atoms with Gasteiger partial charge in [-0.1, -0.05) is 0 Å². The highest BCUT2D eigenvalue weighted by Crippen LogP contribution is 2.15. The molecule has 2 N–H and O–H groups in total. The Labute approximate surface area is 137 Å². The van der Waals surface area contributed by atoms with Gasteiger partial charge in [-0.3, -0.25) is 0 Å². The van der Waals surface area contributed by atoms with Gasteiger partial charge in [0, 0.05) is 30.8 Å². The van der Waals surface area contributed by atoms with Gasteiger partial charge in [0.15, 0.2) is 5.96 Å². The first kappa shape index (κ1) is 17.3. The van der Waals surface area contributed by atoms with Crippen LogP contribution in [0.1, 0.15) is 17.9 Å². The van der Waals surface area contributed by atoms with Crippen LogP contribution in [0.2, 0.25) is 0 Å². The Morgan fingerprint density at radius 2 is 2.15 bits per heavy atom. The van der Waals surface area contributed by atoms with Crippen molar-refractivity contribution in [2.75, 3.05) is 24.6 Å². The predicted octanol–water partition coefficient (Wildman–Crippen LogP) is 1.90. The van der Waals surface area contributed by atoms with Gasteiger partial charge in [0.25, 0.3) is 6.43 Å². The molecule has 0 radical (unpaired) electrons. The van der Waals surface area contributed by atoms with E-state index < -0.39 is 6.43 Å². The number of hydrogen-bond donors (Lipinski definition) is 1. The summed E-state index contributed by atoms with van der Waals surface area (Å²) in [6.45, 7) is 1.84. The molecule has 0 aromatic carbocycles. The SMILES string of the molecule is I.NC(=NCc1nccc(C(F)F)n1)N1CCSCC1. The third-order valence-corrected chi connectivity index (χ3v) is 3.61. The van der Waals surface area contributed by atoms with E-state index in [1.54, 1.807) is 0 Å². The summed E-state index contributed by atoms with van der Waals surface area (Å²) >= 11 is 1.88. The van der Waals surface area contributed by atoms with E-state index in [2.05, 4.69) is 15.0 Å². The van der Waals surface area contributed by atoms with Crippen LogP contribution >= 0.6 is 35.7 Å². The summed E-state index contributed by atoms with van der Waals surface area (Å²) in [5.74, 6) is 2.72. The molecule has 20 heavy (non-hydrogen) atoms. The van der Waals surface area contributed by atoms with Crippen molar-refractivity contribution in [2.24, 2.45) is 10.7 Å². The van der Waals surface area contributed by atoms with Crippen LogP contribution in [0, 0.1) is 0 Å². The van der Waals surface area contributed by atoms with Crippen LogP contribution in [0.5, 0.6) is 0 Å². The molecular formula is C11H16F2IN5S. The van der Waals surface area contributed by atoms with E-state index in [1.165, 1.54) is 12.3 Å². The summed E-state index contributed by atoms with van der Waals surface area (Å²) in [5.41, 5.74) is 5.57. The molecule has 0 aliphatic carbocycles. The normalized spacial score (nSPS) is 16.1. The second-order valence-corrected chi connectivity index (χ2v) is 5.20. The van der Waals surface area contributed by atoms with Crippen molar-refractivity contribution in [3.8, 4) is 0 Å². The Bertz CT molecular complexity index is 454. The molecule has 1 aromatic rings. The van der Waals surface area contributed by atoms with E-state index in [-0.39, 0.29) is 42.0 Å². The molecule has 2 heterocycles. The lowest BCUT2D eigenvalue weighted by Crippen LogP contribution is -2.42. The van der Waals surface area contributed by atoms with Crippen LogP contribution in [-0.4, -0.2) is 45.4 Å². The van der Waals surface area contributed by atoms with E-state index in [0.717, 1.165) is 24.6 Å². The molecular weight excluding hydrogens is 399 g/mol. The molecule has 0 saturated carbocycles. The summed E-state index contributed by atoms with van der Waals surface area (Å²) in [7, 11) is 0. The lowest BCUT2D eigenvalue weighted by atomic mass is 10.4. The molecule has 1 fully saturated rings. The van der Waals surface area contributed by atoms with Gasteiger partial charge in [0.1, 0.15) is 18.1 Å². The fourth-order valence-corrected chi connectivity index (χ4v) is 2.56. The average Bonchev–Trinajstić information content (AvgIpc) is 2.46. The Balaban J connectivity index is 0.00000200. The molecule has 0 bridgehead atoms. The van der Waals surface area contributed by atoms with Gasteiger partial charge in [-0.2, -0.15) is 11.8 Å². The number of aromatic nitrogens is 2. The zero-order chi connectivity index (χ0) is 13.7. The molecule has 0 amide bonds. The minimum absolute atomic E-state index is 0. The molecule has 9 heteroatoms. The molecule has 5 nitrogen and oxygen atoms in total. The summed E-state index contributed by atoms with van der Waals surface area (Å²) in [6, 6.07) is 1.20. The van der Waals surface area contributed by atoms with Crippen LogP contribution in [0.4, 0.5) is 8.78 Å². The molecule has 1 aliphatic rings. The number of guanidine groups is 1. The number of nitrogens with zero attached hydrogens (tertiary/aromatic N) is 4. The number of alkyl halides is 2. The third kappa shape index (κ3) is 5.00. The van der Waals surface area contributed by atoms with Crippen molar-refractivity contribution in [2.45, 2.75) is 13.0 Å². The smallest absolute Gasteiger partial charge is 0.280 e. The standard InChI is InChI=1S/C11H15F2N5S.HI/c12-10(13)8-1-2-15-9(17-8)7-16-11(14)18-3-5-19-6-4-18;/h1-2,10H,3-7H2,(H2,14,16);1H. The molecule has 1 aromatic heterocycles. The first-order valence-electron chi connectivity index (χ1n) is 5.89. The minimum atomic E-state index is -2.60.